The number of rotatable bonds is 1. The van der Waals surface area contributed by atoms with E-state index in [1.165, 1.54) is 0 Å². The first-order valence-corrected chi connectivity index (χ1v) is 4.82. The normalized spacial score (nSPS) is 10.9. The van der Waals surface area contributed by atoms with Gasteiger partial charge in [0.1, 0.15) is 0 Å². The van der Waals surface area contributed by atoms with E-state index in [1.54, 1.807) is 11.6 Å². The maximum atomic E-state index is 11.5. The number of hydrogen-bond donors (Lipinski definition) is 0. The quantitative estimate of drug-likeness (QED) is 0.664. The van der Waals surface area contributed by atoms with Gasteiger partial charge in [0.2, 0.25) is 0 Å². The molecule has 0 aliphatic heterocycles. The predicted molar refractivity (Wildman–Crippen MR) is 58.0 cm³/mol. The number of pyridine rings is 1. The molecule has 2 heterocycles. The highest BCUT2D eigenvalue weighted by Gasteiger charge is 2.14. The van der Waals surface area contributed by atoms with E-state index in [0.717, 1.165) is 16.8 Å². The SMILES string of the molecule is CC(=O)c1cc(C)nc2nn(C)c(C)c12. The summed E-state index contributed by atoms with van der Waals surface area (Å²) >= 11 is 0. The average Bonchev–Trinajstić information content (AvgIpc) is 2.41. The Labute approximate surface area is 87.9 Å². The number of carbonyl (C=O) groups is 1. The van der Waals surface area contributed by atoms with Crippen LogP contribution in [-0.2, 0) is 7.05 Å². The molecule has 0 aliphatic rings. The molecule has 4 heteroatoms. The second kappa shape index (κ2) is 3.15. The number of carbonyl (C=O) groups excluding carboxylic acids is 1. The summed E-state index contributed by atoms with van der Waals surface area (Å²) in [6.07, 6.45) is 0. The number of Topliss-reactive ketones (excluding diaryl/α,β-unsaturated/α-hetero) is 1. The van der Waals surface area contributed by atoms with Crippen LogP contribution in [0.25, 0.3) is 11.0 Å². The second-order valence-corrected chi connectivity index (χ2v) is 3.78. The molecule has 0 aliphatic carbocycles. The maximum absolute atomic E-state index is 11.5. The summed E-state index contributed by atoms with van der Waals surface area (Å²) in [5, 5.41) is 5.14. The molecule has 0 atom stereocenters. The van der Waals surface area contributed by atoms with Gasteiger partial charge in [0, 0.05) is 24.0 Å². The standard InChI is InChI=1S/C11H13N3O/c1-6-5-9(8(3)15)10-7(2)14(4)13-11(10)12-6/h5H,1-4H3. The Kier molecular flexibility index (Phi) is 2.07. The molecule has 0 amide bonds. The van der Waals surface area contributed by atoms with Gasteiger partial charge in [0.15, 0.2) is 11.4 Å². The van der Waals surface area contributed by atoms with Crippen molar-refractivity contribution in [3.63, 3.8) is 0 Å². The highest BCUT2D eigenvalue weighted by molar-refractivity contribution is 6.06. The minimum atomic E-state index is 0.0570. The molecule has 0 N–H and O–H groups in total. The lowest BCUT2D eigenvalue weighted by Gasteiger charge is -2.00. The third kappa shape index (κ3) is 1.42. The summed E-state index contributed by atoms with van der Waals surface area (Å²) in [6.45, 7) is 5.38. The van der Waals surface area contributed by atoms with E-state index >= 15 is 0 Å². The van der Waals surface area contributed by atoms with Crippen LogP contribution in [0.15, 0.2) is 6.07 Å². The Bertz CT molecular complexity index is 554. The van der Waals surface area contributed by atoms with E-state index in [-0.39, 0.29) is 5.78 Å². The fourth-order valence-electron chi connectivity index (χ4n) is 1.74. The van der Waals surface area contributed by atoms with Crippen LogP contribution in [-0.4, -0.2) is 20.5 Å². The van der Waals surface area contributed by atoms with E-state index in [0.29, 0.717) is 11.2 Å². The molecule has 0 fully saturated rings. The molecule has 4 nitrogen and oxygen atoms in total. The van der Waals surface area contributed by atoms with Crippen LogP contribution >= 0.6 is 0 Å². The number of fused-ring (bicyclic) bond motifs is 1. The van der Waals surface area contributed by atoms with Crippen molar-refractivity contribution in [2.45, 2.75) is 20.8 Å². The van der Waals surface area contributed by atoms with Crippen molar-refractivity contribution >= 4 is 16.8 Å². The van der Waals surface area contributed by atoms with Crippen molar-refractivity contribution in [2.75, 3.05) is 0 Å². The smallest absolute Gasteiger partial charge is 0.182 e. The van der Waals surface area contributed by atoms with E-state index in [4.69, 9.17) is 0 Å². The lowest BCUT2D eigenvalue weighted by atomic mass is 10.1. The summed E-state index contributed by atoms with van der Waals surface area (Å²) in [5.41, 5.74) is 3.16. The van der Waals surface area contributed by atoms with Gasteiger partial charge in [-0.1, -0.05) is 0 Å². The molecule has 0 aromatic carbocycles. The second-order valence-electron chi connectivity index (χ2n) is 3.78. The number of hydrogen-bond acceptors (Lipinski definition) is 3. The van der Waals surface area contributed by atoms with Gasteiger partial charge in [-0.05, 0) is 26.8 Å². The first-order valence-electron chi connectivity index (χ1n) is 4.82. The predicted octanol–water partition coefficient (Wildman–Crippen LogP) is 1.79. The fraction of sp³-hybridized carbons (Fsp3) is 0.364. The summed E-state index contributed by atoms with van der Waals surface area (Å²) in [4.78, 5) is 15.8. The van der Waals surface area contributed by atoms with E-state index < -0.39 is 0 Å². The summed E-state index contributed by atoms with van der Waals surface area (Å²) in [6, 6.07) is 1.82. The Hall–Kier alpha value is -1.71. The first kappa shape index (κ1) is 9.83. The van der Waals surface area contributed by atoms with E-state index in [2.05, 4.69) is 10.1 Å². The van der Waals surface area contributed by atoms with Crippen LogP contribution in [0.1, 0.15) is 28.7 Å². The van der Waals surface area contributed by atoms with Gasteiger partial charge in [0.25, 0.3) is 0 Å². The summed E-state index contributed by atoms with van der Waals surface area (Å²) in [5.74, 6) is 0.0570. The van der Waals surface area contributed by atoms with Crippen LogP contribution < -0.4 is 0 Å². The molecule has 78 valence electrons. The Morgan fingerprint density at radius 2 is 2.07 bits per heavy atom. The van der Waals surface area contributed by atoms with Gasteiger partial charge in [-0.3, -0.25) is 9.48 Å². The minimum Gasteiger partial charge on any atom is -0.294 e. The molecule has 2 aromatic rings. The van der Waals surface area contributed by atoms with Crippen LogP contribution in [0, 0.1) is 13.8 Å². The van der Waals surface area contributed by atoms with Crippen molar-refractivity contribution in [3.8, 4) is 0 Å². The molecule has 2 aromatic heterocycles. The number of ketones is 1. The fourth-order valence-corrected chi connectivity index (χ4v) is 1.74. The van der Waals surface area contributed by atoms with Gasteiger partial charge >= 0.3 is 0 Å². The molecule has 15 heavy (non-hydrogen) atoms. The molecule has 2 rings (SSSR count). The lowest BCUT2D eigenvalue weighted by Crippen LogP contribution is -1.97. The van der Waals surface area contributed by atoms with Gasteiger partial charge in [0.05, 0.1) is 5.39 Å². The van der Waals surface area contributed by atoms with Gasteiger partial charge < -0.3 is 0 Å². The average molecular weight is 203 g/mol. The highest BCUT2D eigenvalue weighted by Crippen LogP contribution is 2.21. The van der Waals surface area contributed by atoms with E-state index in [9.17, 15) is 4.79 Å². The number of aryl methyl sites for hydroxylation is 3. The largest absolute Gasteiger partial charge is 0.294 e. The van der Waals surface area contributed by atoms with Crippen molar-refractivity contribution in [1.29, 1.82) is 0 Å². The summed E-state index contributed by atoms with van der Waals surface area (Å²) in [7, 11) is 1.86. The van der Waals surface area contributed by atoms with Crippen molar-refractivity contribution in [1.82, 2.24) is 14.8 Å². The molecule has 0 saturated heterocycles. The van der Waals surface area contributed by atoms with Crippen LogP contribution in [0.5, 0.6) is 0 Å². The number of nitrogens with zero attached hydrogens (tertiary/aromatic N) is 3. The summed E-state index contributed by atoms with van der Waals surface area (Å²) < 4.78 is 1.75. The van der Waals surface area contributed by atoms with Gasteiger partial charge in [-0.25, -0.2) is 4.98 Å². The zero-order chi connectivity index (χ0) is 11.2. The monoisotopic (exact) mass is 203 g/mol. The Morgan fingerprint density at radius 3 is 2.67 bits per heavy atom. The van der Waals surface area contributed by atoms with E-state index in [1.807, 2.05) is 27.0 Å². The molecular weight excluding hydrogens is 190 g/mol. The third-order valence-corrected chi connectivity index (χ3v) is 2.60. The zero-order valence-corrected chi connectivity index (χ0v) is 9.33. The van der Waals surface area contributed by atoms with Crippen LogP contribution in [0.2, 0.25) is 0 Å². The van der Waals surface area contributed by atoms with Crippen molar-refractivity contribution < 1.29 is 4.79 Å². The molecular formula is C11H13N3O. The maximum Gasteiger partial charge on any atom is 0.182 e. The van der Waals surface area contributed by atoms with Gasteiger partial charge in [-0.15, -0.1) is 0 Å². The topological polar surface area (TPSA) is 47.8 Å². The molecule has 0 spiro atoms. The van der Waals surface area contributed by atoms with Crippen LogP contribution in [0.3, 0.4) is 0 Å². The van der Waals surface area contributed by atoms with Crippen LogP contribution in [0.4, 0.5) is 0 Å². The van der Waals surface area contributed by atoms with Crippen molar-refractivity contribution in [3.05, 3.63) is 23.0 Å². The van der Waals surface area contributed by atoms with Crippen molar-refractivity contribution in [2.24, 2.45) is 7.05 Å². The molecule has 0 saturated carbocycles. The lowest BCUT2D eigenvalue weighted by molar-refractivity contribution is 0.101. The van der Waals surface area contributed by atoms with Gasteiger partial charge in [-0.2, -0.15) is 5.10 Å². The Balaban J connectivity index is 2.94. The number of aromatic nitrogens is 3. The zero-order valence-electron chi connectivity index (χ0n) is 9.33. The minimum absolute atomic E-state index is 0.0570. The molecule has 0 radical (unpaired) electrons. The highest BCUT2D eigenvalue weighted by atomic mass is 16.1. The first-order chi connectivity index (χ1) is 7.00. The third-order valence-electron chi connectivity index (χ3n) is 2.60. The Morgan fingerprint density at radius 1 is 1.40 bits per heavy atom. The molecule has 0 bridgehead atoms. The molecule has 0 unspecified atom stereocenters.